The van der Waals surface area contributed by atoms with Crippen LogP contribution < -0.4 is 14.8 Å². The van der Waals surface area contributed by atoms with Gasteiger partial charge in [0.25, 0.3) is 15.9 Å². The topological polar surface area (TPSA) is 100 Å². The maximum absolute atomic E-state index is 12.7. The molecule has 26 heavy (non-hydrogen) atoms. The molecule has 136 valence electrons. The van der Waals surface area contributed by atoms with Crippen molar-refractivity contribution in [3.8, 4) is 5.75 Å². The number of rotatable bonds is 5. The average Bonchev–Trinajstić information content (AvgIpc) is 3.04. The van der Waals surface area contributed by atoms with Gasteiger partial charge in [-0.1, -0.05) is 6.07 Å². The summed E-state index contributed by atoms with van der Waals surface area (Å²) in [5, 5.41) is 3.27. The van der Waals surface area contributed by atoms with Crippen molar-refractivity contribution in [1.29, 1.82) is 0 Å². The second-order valence-electron chi connectivity index (χ2n) is 5.80. The summed E-state index contributed by atoms with van der Waals surface area (Å²) in [5.41, 5.74) is 2.17. The van der Waals surface area contributed by atoms with E-state index in [0.29, 0.717) is 22.7 Å². The quantitative estimate of drug-likeness (QED) is 0.640. The first kappa shape index (κ1) is 17.8. The summed E-state index contributed by atoms with van der Waals surface area (Å²) in [6, 6.07) is 11.6. The first-order chi connectivity index (χ1) is 12.3. The van der Waals surface area contributed by atoms with Crippen LogP contribution >= 0.6 is 0 Å². The van der Waals surface area contributed by atoms with E-state index in [1.165, 1.54) is 13.2 Å². The Balaban J connectivity index is 1.96. The zero-order valence-electron chi connectivity index (χ0n) is 14.6. The van der Waals surface area contributed by atoms with E-state index in [-0.39, 0.29) is 10.8 Å². The molecule has 3 aromatic rings. The summed E-state index contributed by atoms with van der Waals surface area (Å²) < 4.78 is 33.2. The summed E-state index contributed by atoms with van der Waals surface area (Å²) in [4.78, 5) is 14.9. The van der Waals surface area contributed by atoms with Crippen molar-refractivity contribution in [3.63, 3.8) is 0 Å². The molecule has 0 aliphatic rings. The number of hydrogen-bond donors (Lipinski definition) is 3. The molecule has 0 spiro atoms. The zero-order chi connectivity index (χ0) is 18.9. The van der Waals surface area contributed by atoms with Gasteiger partial charge in [0.15, 0.2) is 0 Å². The lowest BCUT2D eigenvalue weighted by atomic mass is 10.2. The fourth-order valence-corrected chi connectivity index (χ4v) is 3.97. The minimum absolute atomic E-state index is 0.150. The third kappa shape index (κ3) is 3.36. The van der Waals surface area contributed by atoms with Gasteiger partial charge in [0.1, 0.15) is 11.4 Å². The maximum Gasteiger partial charge on any atom is 0.267 e. The number of hydrogen-bond acceptors (Lipinski definition) is 4. The Bertz CT molecular complexity index is 1090. The molecule has 0 atom stereocenters. The minimum Gasteiger partial charge on any atom is -0.497 e. The molecule has 1 aromatic heterocycles. The van der Waals surface area contributed by atoms with Crippen LogP contribution in [-0.4, -0.2) is 33.5 Å². The van der Waals surface area contributed by atoms with Crippen molar-refractivity contribution in [2.75, 3.05) is 18.9 Å². The number of H-pyrrole nitrogens is 1. The van der Waals surface area contributed by atoms with E-state index in [2.05, 4.69) is 15.0 Å². The van der Waals surface area contributed by atoms with Crippen LogP contribution in [0.3, 0.4) is 0 Å². The lowest BCUT2D eigenvalue weighted by molar-refractivity contribution is 0.0959. The third-order valence-corrected chi connectivity index (χ3v) is 5.55. The van der Waals surface area contributed by atoms with Gasteiger partial charge in [-0.2, -0.15) is 0 Å². The first-order valence-electron chi connectivity index (χ1n) is 7.86. The van der Waals surface area contributed by atoms with Gasteiger partial charge in [-0.15, -0.1) is 0 Å². The largest absolute Gasteiger partial charge is 0.497 e. The van der Waals surface area contributed by atoms with Crippen LogP contribution in [0.2, 0.25) is 0 Å². The number of nitrogens with one attached hydrogen (secondary N) is 3. The van der Waals surface area contributed by atoms with E-state index in [1.54, 1.807) is 50.4 Å². The lowest BCUT2D eigenvalue weighted by Gasteiger charge is -2.12. The smallest absolute Gasteiger partial charge is 0.267 e. The second-order valence-corrected chi connectivity index (χ2v) is 7.45. The molecule has 8 heteroatoms. The number of carbonyl (C=O) groups excluding carboxylic acids is 1. The van der Waals surface area contributed by atoms with Crippen molar-refractivity contribution < 1.29 is 17.9 Å². The fraction of sp³-hybridized carbons (Fsp3) is 0.167. The Kier molecular flexibility index (Phi) is 4.60. The van der Waals surface area contributed by atoms with Crippen LogP contribution in [-0.2, 0) is 10.0 Å². The first-order valence-corrected chi connectivity index (χ1v) is 9.34. The molecule has 0 unspecified atom stereocenters. The molecule has 0 bridgehead atoms. The van der Waals surface area contributed by atoms with Crippen LogP contribution in [0.4, 0.5) is 5.69 Å². The van der Waals surface area contributed by atoms with Crippen LogP contribution in [0.15, 0.2) is 47.4 Å². The molecular formula is C18H19N3O4S. The monoisotopic (exact) mass is 373 g/mol. The number of ether oxygens (including phenoxy) is 1. The molecule has 0 saturated heterocycles. The standard InChI is InChI=1S/C18H19N3O4S/c1-11-4-6-14(25-3)10-17(11)26(23,24)21-13-5-7-15-12(8-13)9-16(20-15)18(22)19-2/h4-10,20-21H,1-3H3,(H,19,22). The van der Waals surface area contributed by atoms with E-state index in [0.717, 1.165) is 10.9 Å². The fourth-order valence-electron chi connectivity index (χ4n) is 2.66. The third-order valence-electron chi connectivity index (χ3n) is 4.03. The highest BCUT2D eigenvalue weighted by Gasteiger charge is 2.18. The number of methoxy groups -OCH3 is 1. The molecule has 0 fully saturated rings. The molecule has 1 heterocycles. The Morgan fingerprint density at radius 1 is 1.12 bits per heavy atom. The minimum atomic E-state index is -3.78. The molecule has 0 aliphatic carbocycles. The summed E-state index contributed by atoms with van der Waals surface area (Å²) in [5.74, 6) is 0.225. The Morgan fingerprint density at radius 3 is 2.58 bits per heavy atom. The van der Waals surface area contributed by atoms with Crippen LogP contribution in [0.5, 0.6) is 5.75 Å². The van der Waals surface area contributed by atoms with Crippen molar-refractivity contribution >= 4 is 32.5 Å². The second kappa shape index (κ2) is 6.72. The van der Waals surface area contributed by atoms with Gasteiger partial charge in [-0.3, -0.25) is 9.52 Å². The molecule has 0 saturated carbocycles. The molecule has 3 N–H and O–H groups in total. The summed E-state index contributed by atoms with van der Waals surface area (Å²) in [6.07, 6.45) is 0. The molecule has 2 aromatic carbocycles. The number of aromatic nitrogens is 1. The van der Waals surface area contributed by atoms with Gasteiger partial charge < -0.3 is 15.0 Å². The Morgan fingerprint density at radius 2 is 1.88 bits per heavy atom. The summed E-state index contributed by atoms with van der Waals surface area (Å²) in [7, 11) is -0.749. The molecule has 0 aliphatic heterocycles. The molecule has 1 amide bonds. The van der Waals surface area contributed by atoms with Gasteiger partial charge in [0.2, 0.25) is 0 Å². The number of anilines is 1. The summed E-state index contributed by atoms with van der Waals surface area (Å²) in [6.45, 7) is 1.72. The zero-order valence-corrected chi connectivity index (χ0v) is 15.4. The number of fused-ring (bicyclic) bond motifs is 1. The predicted molar refractivity (Wildman–Crippen MR) is 100 cm³/mol. The maximum atomic E-state index is 12.7. The van der Waals surface area contributed by atoms with Gasteiger partial charge >= 0.3 is 0 Å². The van der Waals surface area contributed by atoms with Crippen LogP contribution in [0.1, 0.15) is 16.1 Å². The van der Waals surface area contributed by atoms with Gasteiger partial charge in [0.05, 0.1) is 12.0 Å². The molecular weight excluding hydrogens is 354 g/mol. The number of aromatic amines is 1. The van der Waals surface area contributed by atoms with Gasteiger partial charge in [-0.05, 0) is 42.8 Å². The summed E-state index contributed by atoms with van der Waals surface area (Å²) >= 11 is 0. The van der Waals surface area contributed by atoms with Gasteiger partial charge in [-0.25, -0.2) is 8.42 Å². The lowest BCUT2D eigenvalue weighted by Crippen LogP contribution is -2.17. The normalized spacial score (nSPS) is 11.3. The van der Waals surface area contributed by atoms with Crippen molar-refractivity contribution in [2.45, 2.75) is 11.8 Å². The average molecular weight is 373 g/mol. The van der Waals surface area contributed by atoms with Crippen LogP contribution in [0, 0.1) is 6.92 Å². The predicted octanol–water partition coefficient (Wildman–Crippen LogP) is 2.65. The van der Waals surface area contributed by atoms with Crippen molar-refractivity contribution in [3.05, 3.63) is 53.7 Å². The number of sulfonamides is 1. The van der Waals surface area contributed by atoms with E-state index >= 15 is 0 Å². The number of amides is 1. The highest BCUT2D eigenvalue weighted by atomic mass is 32.2. The van der Waals surface area contributed by atoms with Crippen molar-refractivity contribution in [2.24, 2.45) is 0 Å². The van der Waals surface area contributed by atoms with Gasteiger partial charge in [0, 0.05) is 29.7 Å². The van der Waals surface area contributed by atoms with Crippen LogP contribution in [0.25, 0.3) is 10.9 Å². The van der Waals surface area contributed by atoms with E-state index in [9.17, 15) is 13.2 Å². The number of aryl methyl sites for hydroxylation is 1. The van der Waals surface area contributed by atoms with Crippen molar-refractivity contribution in [1.82, 2.24) is 10.3 Å². The highest BCUT2D eigenvalue weighted by molar-refractivity contribution is 7.92. The Labute approximate surface area is 151 Å². The van der Waals surface area contributed by atoms with E-state index in [4.69, 9.17) is 4.74 Å². The van der Waals surface area contributed by atoms with E-state index < -0.39 is 10.0 Å². The highest BCUT2D eigenvalue weighted by Crippen LogP contribution is 2.26. The Hall–Kier alpha value is -3.00. The number of benzene rings is 2. The molecule has 3 rings (SSSR count). The molecule has 0 radical (unpaired) electrons. The molecule has 7 nitrogen and oxygen atoms in total. The SMILES string of the molecule is CNC(=O)c1cc2cc(NS(=O)(=O)c3cc(OC)ccc3C)ccc2[nH]1. The van der Waals surface area contributed by atoms with E-state index in [1.807, 2.05) is 0 Å². The number of carbonyl (C=O) groups is 1.